The fourth-order valence-corrected chi connectivity index (χ4v) is 6.58. The number of fused-ring (bicyclic) bond motifs is 2. The average Bonchev–Trinajstić information content (AvgIpc) is 3.02. The Hall–Kier alpha value is -3.86. The van der Waals surface area contributed by atoms with Crippen LogP contribution in [0, 0.1) is 6.92 Å². The second-order valence-electron chi connectivity index (χ2n) is 11.8. The lowest BCUT2D eigenvalue weighted by atomic mass is 9.95. The van der Waals surface area contributed by atoms with Crippen LogP contribution in [0.3, 0.4) is 0 Å². The number of hydrogen-bond acceptors (Lipinski definition) is 14. The topological polar surface area (TPSA) is 208 Å². The van der Waals surface area contributed by atoms with Gasteiger partial charge in [0.15, 0.2) is 18.0 Å². The van der Waals surface area contributed by atoms with E-state index in [1.54, 1.807) is 26.0 Å². The highest BCUT2D eigenvalue weighted by molar-refractivity contribution is 6.28. The number of aryl methyl sites for hydroxylation is 1. The molecule has 5 N–H and O–H groups in total. The van der Waals surface area contributed by atoms with Gasteiger partial charge in [0.05, 0.1) is 23.0 Å². The van der Waals surface area contributed by atoms with Gasteiger partial charge in [-0.05, 0) is 38.5 Å². The fraction of sp³-hybridized carbons (Fsp3) is 0.438. The minimum Gasteiger partial charge on any atom is -0.506 e. The molecule has 0 spiro atoms. The molecule has 14 heteroatoms. The van der Waals surface area contributed by atoms with Crippen molar-refractivity contribution in [3.05, 3.63) is 56.7 Å². The monoisotopic (exact) mass is 640 g/mol. The van der Waals surface area contributed by atoms with E-state index in [1.165, 1.54) is 32.2 Å². The number of phenolic OH excluding ortho intramolecular Hbond substituents is 1. The molecule has 2 aliphatic rings. The lowest BCUT2D eigenvalue weighted by molar-refractivity contribution is -0.353. The summed E-state index contributed by atoms with van der Waals surface area (Å²) in [5.74, 6) is -0.425. The summed E-state index contributed by atoms with van der Waals surface area (Å²) in [6.07, 6.45) is -13.0. The number of aliphatic hydroxyl groups excluding tert-OH is 4. The Labute approximate surface area is 259 Å². The molecule has 244 valence electrons. The van der Waals surface area contributed by atoms with Crippen molar-refractivity contribution < 1.29 is 58.1 Å². The van der Waals surface area contributed by atoms with E-state index in [0.717, 1.165) is 0 Å². The van der Waals surface area contributed by atoms with Gasteiger partial charge in [-0.1, -0.05) is 18.2 Å². The van der Waals surface area contributed by atoms with Crippen LogP contribution in [0.5, 0.6) is 11.5 Å². The summed E-state index contributed by atoms with van der Waals surface area (Å²) < 4.78 is 40.4. The first-order valence-electron chi connectivity index (χ1n) is 14.7. The Bertz CT molecular complexity index is 2070. The van der Waals surface area contributed by atoms with E-state index in [0.29, 0.717) is 10.9 Å². The van der Waals surface area contributed by atoms with Crippen LogP contribution in [0.4, 0.5) is 0 Å². The van der Waals surface area contributed by atoms with Crippen LogP contribution < -0.4 is 16.0 Å². The summed E-state index contributed by atoms with van der Waals surface area (Å²) in [7, 11) is 1.30. The van der Waals surface area contributed by atoms with Gasteiger partial charge >= 0.3 is 11.3 Å². The quantitative estimate of drug-likeness (QED) is 0.104. The van der Waals surface area contributed by atoms with Crippen LogP contribution in [0.15, 0.2) is 48.8 Å². The Morgan fingerprint density at radius 1 is 0.717 bits per heavy atom. The molecule has 2 aliphatic heterocycles. The lowest BCUT2D eigenvalue weighted by Gasteiger charge is -2.46. The van der Waals surface area contributed by atoms with Crippen molar-refractivity contribution in [2.45, 2.75) is 82.2 Å². The molecule has 14 nitrogen and oxygen atoms in total. The number of hydrogen-bond donors (Lipinski definition) is 5. The first-order valence-corrected chi connectivity index (χ1v) is 14.7. The molecule has 3 aromatic carbocycles. The number of aromatic hydroxyl groups is 1. The molecule has 0 amide bonds. The Kier molecular flexibility index (Phi) is 7.45. The largest absolute Gasteiger partial charge is 0.506 e. The second-order valence-corrected chi connectivity index (χ2v) is 11.8. The van der Waals surface area contributed by atoms with Crippen molar-refractivity contribution in [2.24, 2.45) is 0 Å². The van der Waals surface area contributed by atoms with Crippen molar-refractivity contribution in [1.82, 2.24) is 0 Å². The predicted molar refractivity (Wildman–Crippen MR) is 160 cm³/mol. The van der Waals surface area contributed by atoms with E-state index in [2.05, 4.69) is 0 Å². The van der Waals surface area contributed by atoms with Crippen LogP contribution in [0.1, 0.15) is 19.4 Å². The van der Waals surface area contributed by atoms with Crippen molar-refractivity contribution in [3.8, 4) is 11.5 Å². The SMILES string of the molecule is CO[C@H]1[C@@H](O)[C@@H](O[C@@H]2[C@@H](Oc3cccc4c(O)c5c(=O)oc6ccc(C)c7c(=O)oc(c34)c5c67)O[C@@H](C)[C@@H](O)[C@H]2O)O[C@@H](C)[C@H]1O. The van der Waals surface area contributed by atoms with E-state index < -0.39 is 78.4 Å². The summed E-state index contributed by atoms with van der Waals surface area (Å²) in [4.78, 5) is 26.5. The zero-order chi connectivity index (χ0) is 32.8. The van der Waals surface area contributed by atoms with Crippen LogP contribution in [-0.2, 0) is 18.9 Å². The molecule has 4 heterocycles. The van der Waals surface area contributed by atoms with E-state index >= 15 is 0 Å². The van der Waals surface area contributed by atoms with Crippen molar-refractivity contribution in [3.63, 3.8) is 0 Å². The summed E-state index contributed by atoms with van der Waals surface area (Å²) in [5.41, 5.74) is -0.899. The van der Waals surface area contributed by atoms with Crippen molar-refractivity contribution >= 4 is 43.5 Å². The van der Waals surface area contributed by atoms with Crippen LogP contribution in [0.25, 0.3) is 43.5 Å². The van der Waals surface area contributed by atoms with E-state index in [-0.39, 0.29) is 43.8 Å². The highest BCUT2D eigenvalue weighted by Crippen LogP contribution is 2.45. The zero-order valence-corrected chi connectivity index (χ0v) is 25.1. The normalized spacial score (nSPS) is 32.2. The molecule has 7 rings (SSSR count). The van der Waals surface area contributed by atoms with Crippen LogP contribution in [0.2, 0.25) is 0 Å². The minimum absolute atomic E-state index is 0.00746. The highest BCUT2D eigenvalue weighted by atomic mass is 16.8. The molecule has 2 saturated heterocycles. The summed E-state index contributed by atoms with van der Waals surface area (Å²) in [6.45, 7) is 4.77. The zero-order valence-electron chi connectivity index (χ0n) is 25.1. The first kappa shape index (κ1) is 30.8. The first-order chi connectivity index (χ1) is 21.9. The molecular formula is C32H32O14. The molecule has 0 saturated carbocycles. The van der Waals surface area contributed by atoms with Crippen LogP contribution in [-0.4, -0.2) is 94.1 Å². The Balaban J connectivity index is 1.38. The maximum atomic E-state index is 13.4. The maximum Gasteiger partial charge on any atom is 0.348 e. The fourth-order valence-electron chi connectivity index (χ4n) is 6.58. The van der Waals surface area contributed by atoms with E-state index in [9.17, 15) is 35.1 Å². The van der Waals surface area contributed by atoms with Gasteiger partial charge in [-0.2, -0.15) is 0 Å². The number of benzene rings is 3. The molecule has 2 fully saturated rings. The Morgan fingerprint density at radius 3 is 2.15 bits per heavy atom. The average molecular weight is 641 g/mol. The van der Waals surface area contributed by atoms with Gasteiger partial charge in [-0.3, -0.25) is 0 Å². The number of ether oxygens (including phenoxy) is 5. The molecule has 0 aliphatic carbocycles. The van der Waals surface area contributed by atoms with Gasteiger partial charge in [-0.15, -0.1) is 0 Å². The predicted octanol–water partition coefficient (Wildman–Crippen LogP) is 1.37. The maximum absolute atomic E-state index is 13.4. The third kappa shape index (κ3) is 4.48. The molecule has 46 heavy (non-hydrogen) atoms. The van der Waals surface area contributed by atoms with Gasteiger partial charge < -0.3 is 58.1 Å². The minimum atomic E-state index is -1.60. The lowest BCUT2D eigenvalue weighted by Crippen LogP contribution is -2.64. The van der Waals surface area contributed by atoms with E-state index in [1.807, 2.05) is 0 Å². The van der Waals surface area contributed by atoms with Crippen molar-refractivity contribution in [2.75, 3.05) is 7.11 Å². The summed E-state index contributed by atoms with van der Waals surface area (Å²) in [5, 5.41) is 55.1. The number of aliphatic hydroxyl groups is 4. The third-order valence-electron chi connectivity index (χ3n) is 9.03. The molecule has 0 unspecified atom stereocenters. The van der Waals surface area contributed by atoms with Crippen molar-refractivity contribution in [1.29, 1.82) is 0 Å². The van der Waals surface area contributed by atoms with Gasteiger partial charge in [0, 0.05) is 23.3 Å². The molecule has 0 bridgehead atoms. The number of rotatable bonds is 5. The summed E-state index contributed by atoms with van der Waals surface area (Å²) in [6, 6.07) is 7.70. The highest BCUT2D eigenvalue weighted by Gasteiger charge is 2.50. The smallest absolute Gasteiger partial charge is 0.348 e. The summed E-state index contributed by atoms with van der Waals surface area (Å²) >= 11 is 0. The molecule has 2 aromatic heterocycles. The molecule has 10 atom stereocenters. The molecular weight excluding hydrogens is 608 g/mol. The second kappa shape index (κ2) is 11.1. The van der Waals surface area contributed by atoms with Gasteiger partial charge in [-0.25, -0.2) is 9.59 Å². The molecule has 0 radical (unpaired) electrons. The van der Waals surface area contributed by atoms with Gasteiger partial charge in [0.1, 0.15) is 53.0 Å². The molecule has 5 aromatic rings. The number of methoxy groups -OCH3 is 1. The van der Waals surface area contributed by atoms with Gasteiger partial charge in [0.2, 0.25) is 6.29 Å². The Morgan fingerprint density at radius 2 is 1.41 bits per heavy atom. The van der Waals surface area contributed by atoms with Gasteiger partial charge in [0.25, 0.3) is 0 Å². The number of phenols is 1. The van der Waals surface area contributed by atoms with Crippen LogP contribution >= 0.6 is 0 Å². The van der Waals surface area contributed by atoms with E-state index in [4.69, 9.17) is 32.5 Å². The standard InChI is InChI=1S/C32H32O14/c1-10-8-9-15-18-16(10)29(38)45-26-17-13(23(35)20(19(18)26)30(39)43-15)6-5-7-14(17)44-32-28(24(36)21(33)11(2)42-32)46-31-25(37)27(40-4)22(34)12(3)41-31/h5-9,11-12,21-22,24-25,27-28,31-37H,1-4H3/t11-,12-,21+,22+,24+,25+,27+,28-,31+,32+/m0/s1. The third-order valence-corrected chi connectivity index (χ3v) is 9.03.